The molecule has 8 heteroatoms. The zero-order chi connectivity index (χ0) is 12.1. The van der Waals surface area contributed by atoms with Gasteiger partial charge in [0.25, 0.3) is 0 Å². The Balaban J connectivity index is 2.77. The molecule has 0 amide bonds. The minimum absolute atomic E-state index is 0.224. The molecule has 0 saturated heterocycles. The predicted octanol–water partition coefficient (Wildman–Crippen LogP) is 3.62. The molecule has 0 atom stereocenters. The van der Waals surface area contributed by atoms with Gasteiger partial charge in [0, 0.05) is 0 Å². The van der Waals surface area contributed by atoms with Crippen molar-refractivity contribution in [3.8, 4) is 0 Å². The van der Waals surface area contributed by atoms with E-state index in [0.29, 0.717) is 0 Å². The first-order chi connectivity index (χ1) is 7.30. The summed E-state index contributed by atoms with van der Waals surface area (Å²) in [5.74, 6) is -4.05. The van der Waals surface area contributed by atoms with Gasteiger partial charge in [-0.3, -0.25) is 0 Å². The molecule has 0 unspecified atom stereocenters. The summed E-state index contributed by atoms with van der Waals surface area (Å²) in [4.78, 5) is 4.84. The number of hydrogen-bond acceptors (Lipinski definition) is 1. The summed E-state index contributed by atoms with van der Waals surface area (Å²) >= 11 is 2.68. The maximum atomic E-state index is 13.2. The Morgan fingerprint density at radius 2 is 1.81 bits per heavy atom. The Kier molecular flexibility index (Phi) is 2.41. The summed E-state index contributed by atoms with van der Waals surface area (Å²) in [7, 11) is 0. The molecular formula is C8H2BrF5N2. The third-order valence-corrected chi connectivity index (χ3v) is 2.46. The van der Waals surface area contributed by atoms with E-state index in [9.17, 15) is 22.0 Å². The molecule has 0 fully saturated rings. The predicted molar refractivity (Wildman–Crippen MR) is 48.7 cm³/mol. The van der Waals surface area contributed by atoms with Gasteiger partial charge in [-0.25, -0.2) is 13.8 Å². The number of nitrogens with one attached hydrogen (secondary N) is 1. The molecule has 0 bridgehead atoms. The second-order valence-electron chi connectivity index (χ2n) is 2.97. The van der Waals surface area contributed by atoms with Crippen molar-refractivity contribution in [1.82, 2.24) is 9.97 Å². The molecule has 1 aromatic heterocycles. The number of halogens is 6. The molecule has 0 saturated carbocycles. The first kappa shape index (κ1) is 11.3. The highest BCUT2D eigenvalue weighted by Crippen LogP contribution is 2.31. The van der Waals surface area contributed by atoms with Crippen LogP contribution in [0.1, 0.15) is 5.82 Å². The highest BCUT2D eigenvalue weighted by molar-refractivity contribution is 9.10. The molecule has 86 valence electrons. The number of nitrogens with zero attached hydrogens (tertiary/aromatic N) is 1. The fourth-order valence-electron chi connectivity index (χ4n) is 1.19. The molecule has 2 aromatic rings. The summed E-state index contributed by atoms with van der Waals surface area (Å²) in [5.41, 5.74) is -0.897. The Morgan fingerprint density at radius 3 is 2.38 bits per heavy atom. The number of aromatic amines is 1. The lowest BCUT2D eigenvalue weighted by molar-refractivity contribution is -0.144. The van der Waals surface area contributed by atoms with E-state index < -0.39 is 29.2 Å². The van der Waals surface area contributed by atoms with Crippen molar-refractivity contribution in [3.05, 3.63) is 28.0 Å². The van der Waals surface area contributed by atoms with E-state index in [-0.39, 0.29) is 9.99 Å². The molecule has 0 aliphatic carbocycles. The van der Waals surface area contributed by atoms with E-state index in [1.807, 2.05) is 4.98 Å². The highest BCUT2D eigenvalue weighted by Gasteiger charge is 2.35. The van der Waals surface area contributed by atoms with Gasteiger partial charge in [-0.1, -0.05) is 0 Å². The lowest BCUT2D eigenvalue weighted by Crippen LogP contribution is -2.06. The largest absolute Gasteiger partial charge is 0.449 e. The Bertz CT molecular complexity index is 560. The van der Waals surface area contributed by atoms with Crippen LogP contribution in [-0.4, -0.2) is 9.97 Å². The lowest BCUT2D eigenvalue weighted by Gasteiger charge is -1.98. The average molecular weight is 301 g/mol. The molecule has 2 rings (SSSR count). The van der Waals surface area contributed by atoms with Crippen LogP contribution in [0.2, 0.25) is 0 Å². The molecule has 1 heterocycles. The minimum Gasteiger partial charge on any atom is -0.334 e. The number of aromatic nitrogens is 2. The van der Waals surface area contributed by atoms with E-state index in [2.05, 4.69) is 20.9 Å². The van der Waals surface area contributed by atoms with Gasteiger partial charge in [-0.05, 0) is 22.0 Å². The normalized spacial score (nSPS) is 12.4. The van der Waals surface area contributed by atoms with Gasteiger partial charge >= 0.3 is 6.18 Å². The van der Waals surface area contributed by atoms with Crippen molar-refractivity contribution in [2.75, 3.05) is 0 Å². The van der Waals surface area contributed by atoms with Gasteiger partial charge in [-0.2, -0.15) is 13.2 Å². The number of imidazole rings is 1. The van der Waals surface area contributed by atoms with Gasteiger partial charge in [0.1, 0.15) is 5.52 Å². The minimum atomic E-state index is -4.73. The number of H-pyrrole nitrogens is 1. The Morgan fingerprint density at radius 1 is 1.19 bits per heavy atom. The van der Waals surface area contributed by atoms with E-state index in [0.717, 1.165) is 6.07 Å². The van der Waals surface area contributed by atoms with Crippen LogP contribution in [0, 0.1) is 11.6 Å². The van der Waals surface area contributed by atoms with Gasteiger partial charge in [0.15, 0.2) is 11.6 Å². The second-order valence-corrected chi connectivity index (χ2v) is 3.82. The molecule has 0 spiro atoms. The fourth-order valence-corrected chi connectivity index (χ4v) is 1.59. The van der Waals surface area contributed by atoms with Gasteiger partial charge in [0.2, 0.25) is 5.82 Å². The summed E-state index contributed by atoms with van der Waals surface area (Å²) in [5, 5.41) is 0. The van der Waals surface area contributed by atoms with Crippen LogP contribution < -0.4 is 0 Å². The van der Waals surface area contributed by atoms with Crippen molar-refractivity contribution in [1.29, 1.82) is 0 Å². The third kappa shape index (κ3) is 1.66. The summed E-state index contributed by atoms with van der Waals surface area (Å²) in [6.07, 6.45) is -4.73. The number of alkyl halides is 3. The highest BCUT2D eigenvalue weighted by atomic mass is 79.9. The number of benzene rings is 1. The quantitative estimate of drug-likeness (QED) is 0.584. The van der Waals surface area contributed by atoms with Gasteiger partial charge < -0.3 is 4.98 Å². The van der Waals surface area contributed by atoms with E-state index in [4.69, 9.17) is 0 Å². The SMILES string of the molecule is Fc1c(Br)cc2[nH]c(C(F)(F)F)nc2c1F. The average Bonchev–Trinajstić information content (AvgIpc) is 2.57. The summed E-state index contributed by atoms with van der Waals surface area (Å²) in [6.45, 7) is 0. The van der Waals surface area contributed by atoms with Crippen LogP contribution in [0.15, 0.2) is 10.5 Å². The number of fused-ring (bicyclic) bond motifs is 1. The molecule has 16 heavy (non-hydrogen) atoms. The van der Waals surface area contributed by atoms with E-state index >= 15 is 0 Å². The zero-order valence-corrected chi connectivity index (χ0v) is 8.88. The van der Waals surface area contributed by atoms with Crippen LogP contribution in [0.5, 0.6) is 0 Å². The second kappa shape index (κ2) is 3.41. The molecule has 2 nitrogen and oxygen atoms in total. The van der Waals surface area contributed by atoms with Crippen LogP contribution >= 0.6 is 15.9 Å². The van der Waals surface area contributed by atoms with Crippen molar-refractivity contribution < 1.29 is 22.0 Å². The van der Waals surface area contributed by atoms with Crippen molar-refractivity contribution >= 4 is 27.0 Å². The van der Waals surface area contributed by atoms with Crippen LogP contribution in [0.4, 0.5) is 22.0 Å². The third-order valence-electron chi connectivity index (χ3n) is 1.88. The smallest absolute Gasteiger partial charge is 0.334 e. The summed E-state index contributed by atoms with van der Waals surface area (Å²) in [6, 6.07) is 0.996. The first-order valence-electron chi connectivity index (χ1n) is 3.91. The van der Waals surface area contributed by atoms with Crippen molar-refractivity contribution in [2.24, 2.45) is 0 Å². The molecule has 0 aliphatic rings. The maximum Gasteiger partial charge on any atom is 0.449 e. The lowest BCUT2D eigenvalue weighted by atomic mass is 10.3. The zero-order valence-electron chi connectivity index (χ0n) is 7.29. The summed E-state index contributed by atoms with van der Waals surface area (Å²) < 4.78 is 62.7. The Hall–Kier alpha value is -1.18. The topological polar surface area (TPSA) is 28.7 Å². The fraction of sp³-hybridized carbons (Fsp3) is 0.125. The molecule has 0 aliphatic heterocycles. The molecular weight excluding hydrogens is 299 g/mol. The number of hydrogen-bond donors (Lipinski definition) is 1. The Labute approximate surface area is 93.6 Å². The van der Waals surface area contributed by atoms with E-state index in [1.54, 1.807) is 0 Å². The van der Waals surface area contributed by atoms with Crippen LogP contribution in [0.25, 0.3) is 11.0 Å². The van der Waals surface area contributed by atoms with Crippen LogP contribution in [-0.2, 0) is 6.18 Å². The first-order valence-corrected chi connectivity index (χ1v) is 4.70. The number of rotatable bonds is 0. The van der Waals surface area contributed by atoms with Gasteiger partial charge in [-0.15, -0.1) is 0 Å². The van der Waals surface area contributed by atoms with Crippen molar-refractivity contribution in [2.45, 2.75) is 6.18 Å². The molecule has 1 aromatic carbocycles. The monoisotopic (exact) mass is 300 g/mol. The van der Waals surface area contributed by atoms with Gasteiger partial charge in [0.05, 0.1) is 9.99 Å². The molecule has 0 radical (unpaired) electrons. The molecule has 1 N–H and O–H groups in total. The standard InChI is InChI=1S/C8H2BrF5N2/c9-2-1-3-6(5(11)4(2)10)16-7(15-3)8(12,13)14/h1H,(H,15,16). The van der Waals surface area contributed by atoms with Crippen molar-refractivity contribution in [3.63, 3.8) is 0 Å². The maximum absolute atomic E-state index is 13.2. The van der Waals surface area contributed by atoms with E-state index in [1.165, 1.54) is 0 Å². The van der Waals surface area contributed by atoms with Crippen LogP contribution in [0.3, 0.4) is 0 Å².